The molecule has 0 heterocycles. The van der Waals surface area contributed by atoms with Gasteiger partial charge in [0.1, 0.15) is 0 Å². The predicted molar refractivity (Wildman–Crippen MR) is 31.1 cm³/mol. The summed E-state index contributed by atoms with van der Waals surface area (Å²) < 4.78 is 0. The normalized spacial score (nSPS) is 8.67. The summed E-state index contributed by atoms with van der Waals surface area (Å²) in [6.07, 6.45) is 0. The Morgan fingerprint density at radius 2 is 2.22 bits per heavy atom. The van der Waals surface area contributed by atoms with Crippen LogP contribution in [-0.4, -0.2) is 13.0 Å². The van der Waals surface area contributed by atoms with E-state index >= 15 is 0 Å². The van der Waals surface area contributed by atoms with Gasteiger partial charge in [0.2, 0.25) is 0 Å². The molecule has 0 unspecified atom stereocenters. The Morgan fingerprint density at radius 3 is 2.56 bits per heavy atom. The van der Waals surface area contributed by atoms with Crippen molar-refractivity contribution in [2.45, 2.75) is 6.92 Å². The number of nitrogens with one attached hydrogen (secondary N) is 1. The standard InChI is InChI=1S/C5H9NO3/c1-4(2)5(7)8-9-6-3/h6H,1H2,2-3H3. The number of hydrogen-bond acceptors (Lipinski definition) is 4. The third-order valence-corrected chi connectivity index (χ3v) is 0.549. The SMILES string of the molecule is C=C(C)C(=O)OONC. The van der Waals surface area contributed by atoms with Gasteiger partial charge in [-0.2, -0.15) is 5.48 Å². The van der Waals surface area contributed by atoms with Gasteiger partial charge < -0.3 is 0 Å². The lowest BCUT2D eigenvalue weighted by Gasteiger charge is -1.97. The molecule has 0 fully saturated rings. The molecule has 52 valence electrons. The zero-order valence-electron chi connectivity index (χ0n) is 5.43. The molecule has 9 heavy (non-hydrogen) atoms. The first-order valence-corrected chi connectivity index (χ1v) is 2.38. The van der Waals surface area contributed by atoms with Crippen molar-refractivity contribution in [3.05, 3.63) is 12.2 Å². The molecule has 1 N–H and O–H groups in total. The zero-order valence-corrected chi connectivity index (χ0v) is 5.43. The number of carbonyl (C=O) groups is 1. The number of carbonyl (C=O) groups excluding carboxylic acids is 1. The van der Waals surface area contributed by atoms with Crippen molar-refractivity contribution in [1.29, 1.82) is 0 Å². The van der Waals surface area contributed by atoms with Crippen molar-refractivity contribution >= 4 is 5.97 Å². The van der Waals surface area contributed by atoms with E-state index in [1.165, 1.54) is 14.0 Å². The number of hydrogen-bond donors (Lipinski definition) is 1. The van der Waals surface area contributed by atoms with Gasteiger partial charge in [-0.1, -0.05) is 11.6 Å². The van der Waals surface area contributed by atoms with E-state index in [2.05, 4.69) is 21.9 Å². The maximum atomic E-state index is 10.4. The first-order chi connectivity index (χ1) is 4.18. The van der Waals surface area contributed by atoms with Gasteiger partial charge in [-0.15, -0.1) is 0 Å². The summed E-state index contributed by atoms with van der Waals surface area (Å²) in [7, 11) is 1.48. The summed E-state index contributed by atoms with van der Waals surface area (Å²) in [5, 5.41) is 0. The van der Waals surface area contributed by atoms with Crippen LogP contribution < -0.4 is 5.48 Å². The summed E-state index contributed by atoms with van der Waals surface area (Å²) in [5.74, 6) is -0.579. The smallest absolute Gasteiger partial charge is 0.275 e. The molecule has 0 aromatic carbocycles. The van der Waals surface area contributed by atoms with E-state index in [0.29, 0.717) is 5.57 Å². The van der Waals surface area contributed by atoms with E-state index in [-0.39, 0.29) is 0 Å². The first-order valence-electron chi connectivity index (χ1n) is 2.38. The highest BCUT2D eigenvalue weighted by molar-refractivity contribution is 5.86. The second kappa shape index (κ2) is 4.05. The largest absolute Gasteiger partial charge is 0.370 e. The van der Waals surface area contributed by atoms with E-state index < -0.39 is 5.97 Å². The molecule has 0 aliphatic carbocycles. The lowest BCUT2D eigenvalue weighted by molar-refractivity contribution is -0.300. The molecular weight excluding hydrogens is 122 g/mol. The number of rotatable bonds is 3. The van der Waals surface area contributed by atoms with Gasteiger partial charge in [0.05, 0.1) is 0 Å². The Balaban J connectivity index is 3.39. The maximum Gasteiger partial charge on any atom is 0.370 e. The molecule has 4 nitrogen and oxygen atoms in total. The van der Waals surface area contributed by atoms with Crippen molar-refractivity contribution in [3.63, 3.8) is 0 Å². The van der Waals surface area contributed by atoms with Crippen LogP contribution in [0.15, 0.2) is 12.2 Å². The molecule has 0 bridgehead atoms. The highest BCUT2D eigenvalue weighted by Crippen LogP contribution is 1.89. The lowest BCUT2D eigenvalue weighted by Crippen LogP contribution is -2.13. The maximum absolute atomic E-state index is 10.4. The molecular formula is C5H9NO3. The predicted octanol–water partition coefficient (Wildman–Crippen LogP) is 0.172. The van der Waals surface area contributed by atoms with E-state index in [1.807, 2.05) is 0 Å². The second-order valence-corrected chi connectivity index (χ2v) is 1.44. The first kappa shape index (κ1) is 8.13. The van der Waals surface area contributed by atoms with Gasteiger partial charge in [0.15, 0.2) is 0 Å². The van der Waals surface area contributed by atoms with Gasteiger partial charge in [0, 0.05) is 12.6 Å². The van der Waals surface area contributed by atoms with Crippen LogP contribution in [0.3, 0.4) is 0 Å². The fraction of sp³-hybridized carbons (Fsp3) is 0.400. The van der Waals surface area contributed by atoms with Crippen molar-refractivity contribution in [1.82, 2.24) is 5.48 Å². The monoisotopic (exact) mass is 131 g/mol. The van der Waals surface area contributed by atoms with Crippen LogP contribution in [0.4, 0.5) is 0 Å². The van der Waals surface area contributed by atoms with Crippen molar-refractivity contribution in [2.24, 2.45) is 0 Å². The molecule has 0 rings (SSSR count). The summed E-state index contributed by atoms with van der Waals surface area (Å²) in [6.45, 7) is 4.85. The fourth-order valence-electron chi connectivity index (χ4n) is 0.151. The summed E-state index contributed by atoms with van der Waals surface area (Å²) >= 11 is 0. The molecule has 0 saturated heterocycles. The van der Waals surface area contributed by atoms with E-state index in [4.69, 9.17) is 0 Å². The Hall–Kier alpha value is -0.870. The molecule has 0 radical (unpaired) electrons. The average Bonchev–Trinajstić information content (AvgIpc) is 1.82. The molecule has 0 amide bonds. The highest BCUT2D eigenvalue weighted by atomic mass is 17.3. The molecule has 0 aromatic rings. The molecule has 0 spiro atoms. The third-order valence-electron chi connectivity index (χ3n) is 0.549. The Bertz CT molecular complexity index is 121. The van der Waals surface area contributed by atoms with Crippen LogP contribution in [0.2, 0.25) is 0 Å². The summed E-state index contributed by atoms with van der Waals surface area (Å²) in [5.41, 5.74) is 2.47. The molecule has 0 aromatic heterocycles. The topological polar surface area (TPSA) is 47.6 Å². The van der Waals surface area contributed by atoms with Crippen LogP contribution >= 0.6 is 0 Å². The van der Waals surface area contributed by atoms with Crippen LogP contribution in [0.25, 0.3) is 0 Å². The van der Waals surface area contributed by atoms with Crippen molar-refractivity contribution in [3.8, 4) is 0 Å². The minimum Gasteiger partial charge on any atom is -0.275 e. The van der Waals surface area contributed by atoms with Gasteiger partial charge in [-0.25, -0.2) is 4.79 Å². The molecule has 0 atom stereocenters. The number of hydroxylamine groups is 1. The minimum absolute atomic E-state index is 0.297. The molecule has 4 heteroatoms. The Kier molecular flexibility index (Phi) is 3.66. The van der Waals surface area contributed by atoms with Crippen molar-refractivity contribution in [2.75, 3.05) is 7.05 Å². The van der Waals surface area contributed by atoms with E-state index in [0.717, 1.165) is 0 Å². The highest BCUT2D eigenvalue weighted by Gasteiger charge is 2.01. The summed E-state index contributed by atoms with van der Waals surface area (Å²) in [4.78, 5) is 18.6. The van der Waals surface area contributed by atoms with Crippen LogP contribution in [-0.2, 0) is 14.7 Å². The van der Waals surface area contributed by atoms with Gasteiger partial charge in [-0.3, -0.25) is 4.89 Å². The summed E-state index contributed by atoms with van der Waals surface area (Å²) in [6, 6.07) is 0. The van der Waals surface area contributed by atoms with Gasteiger partial charge >= 0.3 is 5.97 Å². The van der Waals surface area contributed by atoms with Gasteiger partial charge in [0.25, 0.3) is 0 Å². The molecule has 0 saturated carbocycles. The van der Waals surface area contributed by atoms with Crippen LogP contribution in [0.5, 0.6) is 0 Å². The average molecular weight is 131 g/mol. The molecule has 0 aliphatic rings. The van der Waals surface area contributed by atoms with Crippen molar-refractivity contribution < 1.29 is 14.7 Å². The minimum atomic E-state index is -0.579. The lowest BCUT2D eigenvalue weighted by atomic mass is 10.4. The quantitative estimate of drug-likeness (QED) is 0.337. The second-order valence-electron chi connectivity index (χ2n) is 1.44. The van der Waals surface area contributed by atoms with E-state index in [9.17, 15) is 4.79 Å². The Morgan fingerprint density at radius 1 is 1.67 bits per heavy atom. The van der Waals surface area contributed by atoms with Crippen LogP contribution in [0.1, 0.15) is 6.92 Å². The Labute approximate surface area is 53.3 Å². The van der Waals surface area contributed by atoms with Crippen LogP contribution in [0, 0.1) is 0 Å². The van der Waals surface area contributed by atoms with Gasteiger partial charge in [-0.05, 0) is 6.92 Å². The fourth-order valence-corrected chi connectivity index (χ4v) is 0.151. The third kappa shape index (κ3) is 3.69. The van der Waals surface area contributed by atoms with E-state index in [1.54, 1.807) is 0 Å². The zero-order chi connectivity index (χ0) is 7.28. The molecule has 0 aliphatic heterocycles.